The summed E-state index contributed by atoms with van der Waals surface area (Å²) in [4.78, 5) is 25.6. The molecule has 3 aromatic carbocycles. The maximum absolute atomic E-state index is 11.5. The van der Waals surface area contributed by atoms with Crippen LogP contribution in [0.3, 0.4) is 0 Å². The molecule has 0 bridgehead atoms. The van der Waals surface area contributed by atoms with Gasteiger partial charge in [-0.15, -0.1) is 0 Å². The minimum Gasteiger partial charge on any atom is -0.508 e. The number of imidazole rings is 1. The van der Waals surface area contributed by atoms with E-state index in [0.29, 0.717) is 34.9 Å². The molecule has 0 spiro atoms. The van der Waals surface area contributed by atoms with E-state index >= 15 is 0 Å². The number of fused-ring (bicyclic) bond motifs is 1. The van der Waals surface area contributed by atoms with Crippen LogP contribution in [0.5, 0.6) is 5.75 Å². The van der Waals surface area contributed by atoms with Crippen LogP contribution in [-0.2, 0) is 6.42 Å². The second kappa shape index (κ2) is 9.03. The fourth-order valence-corrected chi connectivity index (χ4v) is 3.70. The van der Waals surface area contributed by atoms with Crippen molar-refractivity contribution >= 4 is 22.9 Å². The van der Waals surface area contributed by atoms with E-state index in [-0.39, 0.29) is 5.75 Å². The molecule has 8 heteroatoms. The summed E-state index contributed by atoms with van der Waals surface area (Å²) < 4.78 is 1.92. The molecule has 0 aliphatic heterocycles. The standard InChI is InChI=1S/C26H22N6O2/c27-23(34)18-8-10-19(11-9-18)24-30-25(28-15-14-17-6-12-21(33)13-7-17)22-26(31-24)32(16-29-22)20-4-2-1-3-5-20/h1-13,16,33H,14-15H2,(H2,27,34)(H,28,30,31). The summed E-state index contributed by atoms with van der Waals surface area (Å²) in [5, 5.41) is 12.9. The van der Waals surface area contributed by atoms with Crippen LogP contribution in [-0.4, -0.2) is 37.1 Å². The summed E-state index contributed by atoms with van der Waals surface area (Å²) in [6, 6.07) is 23.9. The molecule has 0 atom stereocenters. The third-order valence-electron chi connectivity index (χ3n) is 5.50. The highest BCUT2D eigenvalue weighted by Gasteiger charge is 2.15. The molecule has 5 aromatic rings. The molecule has 0 saturated carbocycles. The lowest BCUT2D eigenvalue weighted by atomic mass is 10.1. The van der Waals surface area contributed by atoms with Gasteiger partial charge in [0.15, 0.2) is 22.8 Å². The number of nitrogens with one attached hydrogen (secondary N) is 1. The van der Waals surface area contributed by atoms with E-state index in [1.807, 2.05) is 47.0 Å². The van der Waals surface area contributed by atoms with Crippen molar-refractivity contribution in [3.8, 4) is 22.8 Å². The number of carbonyl (C=O) groups is 1. The molecule has 0 unspecified atom stereocenters. The van der Waals surface area contributed by atoms with Crippen LogP contribution in [0.15, 0.2) is 85.2 Å². The maximum atomic E-state index is 11.5. The van der Waals surface area contributed by atoms with E-state index in [9.17, 15) is 9.90 Å². The van der Waals surface area contributed by atoms with Crippen LogP contribution in [0.1, 0.15) is 15.9 Å². The minimum atomic E-state index is -0.485. The first-order valence-corrected chi connectivity index (χ1v) is 10.8. The Morgan fingerprint density at radius 2 is 1.68 bits per heavy atom. The Bertz CT molecular complexity index is 1450. The third kappa shape index (κ3) is 4.29. The molecule has 0 saturated heterocycles. The molecule has 1 amide bonds. The Kier molecular flexibility index (Phi) is 5.61. The van der Waals surface area contributed by atoms with Crippen LogP contribution >= 0.6 is 0 Å². The van der Waals surface area contributed by atoms with E-state index in [1.54, 1.807) is 42.7 Å². The SMILES string of the molecule is NC(=O)c1ccc(-c2nc(NCCc3ccc(O)cc3)c3ncn(-c4ccccc4)c3n2)cc1. The van der Waals surface area contributed by atoms with Crippen molar-refractivity contribution in [1.82, 2.24) is 19.5 Å². The summed E-state index contributed by atoms with van der Waals surface area (Å²) in [6.07, 6.45) is 2.48. The van der Waals surface area contributed by atoms with Gasteiger partial charge < -0.3 is 16.2 Å². The Balaban J connectivity index is 1.53. The first-order valence-electron chi connectivity index (χ1n) is 10.8. The predicted octanol–water partition coefficient (Wildman–Crippen LogP) is 3.94. The number of aromatic nitrogens is 4. The molecule has 34 heavy (non-hydrogen) atoms. The number of nitrogens with two attached hydrogens (primary N) is 1. The van der Waals surface area contributed by atoms with Crippen molar-refractivity contribution < 1.29 is 9.90 Å². The van der Waals surface area contributed by atoms with Gasteiger partial charge in [0.05, 0.1) is 0 Å². The van der Waals surface area contributed by atoms with Gasteiger partial charge in [0.25, 0.3) is 0 Å². The highest BCUT2D eigenvalue weighted by atomic mass is 16.3. The number of phenolic OH excluding ortho intramolecular Hbond substituents is 1. The molecule has 0 fully saturated rings. The quantitative estimate of drug-likeness (QED) is 0.346. The van der Waals surface area contributed by atoms with E-state index in [0.717, 1.165) is 23.2 Å². The molecular weight excluding hydrogens is 428 g/mol. The first kappa shape index (κ1) is 21.1. The van der Waals surface area contributed by atoms with Crippen LogP contribution in [0, 0.1) is 0 Å². The van der Waals surface area contributed by atoms with E-state index in [2.05, 4.69) is 10.3 Å². The number of nitrogens with zero attached hydrogens (tertiary/aromatic N) is 4. The number of rotatable bonds is 7. The lowest BCUT2D eigenvalue weighted by molar-refractivity contribution is 0.100. The third-order valence-corrected chi connectivity index (χ3v) is 5.50. The average molecular weight is 451 g/mol. The zero-order valence-corrected chi connectivity index (χ0v) is 18.2. The maximum Gasteiger partial charge on any atom is 0.248 e. The summed E-state index contributed by atoms with van der Waals surface area (Å²) >= 11 is 0. The molecule has 168 valence electrons. The molecule has 8 nitrogen and oxygen atoms in total. The fraction of sp³-hybridized carbons (Fsp3) is 0.0769. The zero-order chi connectivity index (χ0) is 23.5. The Labute approximate surface area is 195 Å². The number of para-hydroxylation sites is 1. The number of benzene rings is 3. The number of carbonyl (C=O) groups excluding carboxylic acids is 1. The van der Waals surface area contributed by atoms with Crippen molar-refractivity contribution in [2.45, 2.75) is 6.42 Å². The molecule has 2 heterocycles. The van der Waals surface area contributed by atoms with Gasteiger partial charge in [-0.1, -0.05) is 42.5 Å². The fourth-order valence-electron chi connectivity index (χ4n) is 3.70. The van der Waals surface area contributed by atoms with Crippen molar-refractivity contribution in [2.75, 3.05) is 11.9 Å². The monoisotopic (exact) mass is 450 g/mol. The lowest BCUT2D eigenvalue weighted by Crippen LogP contribution is -2.10. The van der Waals surface area contributed by atoms with E-state index in [4.69, 9.17) is 15.7 Å². The summed E-state index contributed by atoms with van der Waals surface area (Å²) in [6.45, 7) is 0.620. The highest BCUT2D eigenvalue weighted by molar-refractivity contribution is 5.93. The number of aromatic hydroxyl groups is 1. The Morgan fingerprint density at radius 1 is 0.941 bits per heavy atom. The summed E-state index contributed by atoms with van der Waals surface area (Å²) in [5.74, 6) is 0.884. The second-order valence-corrected chi connectivity index (χ2v) is 7.80. The predicted molar refractivity (Wildman–Crippen MR) is 131 cm³/mol. The van der Waals surface area contributed by atoms with Gasteiger partial charge in [-0.25, -0.2) is 15.0 Å². The first-order chi connectivity index (χ1) is 16.6. The van der Waals surface area contributed by atoms with Gasteiger partial charge in [-0.2, -0.15) is 0 Å². The van der Waals surface area contributed by atoms with Gasteiger partial charge in [0.2, 0.25) is 5.91 Å². The largest absolute Gasteiger partial charge is 0.508 e. The minimum absolute atomic E-state index is 0.243. The Morgan fingerprint density at radius 3 is 2.38 bits per heavy atom. The van der Waals surface area contributed by atoms with Crippen LogP contribution in [0.4, 0.5) is 5.82 Å². The lowest BCUT2D eigenvalue weighted by Gasteiger charge is -2.10. The number of hydrogen-bond donors (Lipinski definition) is 3. The van der Waals surface area contributed by atoms with Crippen molar-refractivity contribution in [2.24, 2.45) is 5.73 Å². The van der Waals surface area contributed by atoms with E-state index in [1.165, 1.54) is 0 Å². The van der Waals surface area contributed by atoms with Crippen LogP contribution < -0.4 is 11.1 Å². The number of phenols is 1. The van der Waals surface area contributed by atoms with Crippen molar-refractivity contribution in [1.29, 1.82) is 0 Å². The molecule has 0 aliphatic rings. The van der Waals surface area contributed by atoms with Gasteiger partial charge in [-0.3, -0.25) is 9.36 Å². The number of primary amides is 1. The average Bonchev–Trinajstić information content (AvgIpc) is 3.30. The number of anilines is 1. The summed E-state index contributed by atoms with van der Waals surface area (Å²) in [7, 11) is 0. The van der Waals surface area contributed by atoms with Gasteiger partial charge in [0.1, 0.15) is 12.1 Å². The molecular formula is C26H22N6O2. The second-order valence-electron chi connectivity index (χ2n) is 7.80. The zero-order valence-electron chi connectivity index (χ0n) is 18.2. The van der Waals surface area contributed by atoms with E-state index < -0.39 is 5.91 Å². The molecule has 0 radical (unpaired) electrons. The number of amides is 1. The molecule has 2 aromatic heterocycles. The number of hydrogen-bond acceptors (Lipinski definition) is 6. The summed E-state index contributed by atoms with van der Waals surface area (Å²) in [5.41, 5.74) is 9.92. The van der Waals surface area contributed by atoms with Crippen LogP contribution in [0.2, 0.25) is 0 Å². The smallest absolute Gasteiger partial charge is 0.248 e. The van der Waals surface area contributed by atoms with Crippen LogP contribution in [0.25, 0.3) is 28.2 Å². The molecule has 5 rings (SSSR count). The molecule has 0 aliphatic carbocycles. The van der Waals surface area contributed by atoms with Gasteiger partial charge >= 0.3 is 0 Å². The van der Waals surface area contributed by atoms with Gasteiger partial charge in [0, 0.05) is 23.4 Å². The highest BCUT2D eigenvalue weighted by Crippen LogP contribution is 2.26. The normalized spacial score (nSPS) is 10.9. The van der Waals surface area contributed by atoms with Crippen molar-refractivity contribution in [3.05, 3.63) is 96.3 Å². The topological polar surface area (TPSA) is 119 Å². The Hall–Kier alpha value is -4.72. The van der Waals surface area contributed by atoms with Crippen molar-refractivity contribution in [3.63, 3.8) is 0 Å². The molecule has 4 N–H and O–H groups in total. The van der Waals surface area contributed by atoms with Gasteiger partial charge in [-0.05, 0) is 48.4 Å².